The van der Waals surface area contributed by atoms with Gasteiger partial charge in [-0.2, -0.15) is 4.98 Å². The van der Waals surface area contributed by atoms with Gasteiger partial charge in [0, 0.05) is 31.7 Å². The van der Waals surface area contributed by atoms with E-state index in [1.54, 1.807) is 7.11 Å². The number of aryl methyl sites for hydroxylation is 1. The van der Waals surface area contributed by atoms with E-state index in [2.05, 4.69) is 33.6 Å². The number of nitrogens with zero attached hydrogens (tertiary/aromatic N) is 4. The van der Waals surface area contributed by atoms with Crippen LogP contribution >= 0.6 is 0 Å². The first kappa shape index (κ1) is 16.0. The molecular formula is C15H26N4O2. The van der Waals surface area contributed by atoms with E-state index in [1.807, 2.05) is 13.8 Å². The van der Waals surface area contributed by atoms with E-state index < -0.39 is 0 Å². The Morgan fingerprint density at radius 1 is 1.24 bits per heavy atom. The molecule has 1 aromatic heterocycles. The summed E-state index contributed by atoms with van der Waals surface area (Å²) >= 11 is 0. The second-order valence-corrected chi connectivity index (χ2v) is 6.17. The number of methoxy groups -OCH3 is 1. The lowest BCUT2D eigenvalue weighted by Gasteiger charge is -2.47. The Balaban J connectivity index is 2.26. The molecule has 6 nitrogen and oxygen atoms in total. The van der Waals surface area contributed by atoms with Crippen LogP contribution in [0.5, 0.6) is 5.88 Å². The molecule has 118 valence electrons. The average molecular weight is 294 g/mol. The van der Waals surface area contributed by atoms with Crippen LogP contribution in [0.15, 0.2) is 0 Å². The highest BCUT2D eigenvalue weighted by Crippen LogP contribution is 2.29. The van der Waals surface area contributed by atoms with Crippen molar-refractivity contribution in [2.75, 3.05) is 44.8 Å². The van der Waals surface area contributed by atoms with Crippen LogP contribution in [0.4, 0.5) is 5.82 Å². The van der Waals surface area contributed by atoms with Crippen LogP contribution in [0.1, 0.15) is 25.2 Å². The Hall–Kier alpha value is -1.40. The van der Waals surface area contributed by atoms with Crippen molar-refractivity contribution in [1.29, 1.82) is 0 Å². The van der Waals surface area contributed by atoms with E-state index in [4.69, 9.17) is 4.74 Å². The third kappa shape index (κ3) is 3.27. The monoisotopic (exact) mass is 294 g/mol. The number of β-amino-alcohol motifs (C(OH)–C–C–N with tert-alkyl or cyclic N) is 1. The molecule has 1 aromatic rings. The van der Waals surface area contributed by atoms with Gasteiger partial charge in [0.15, 0.2) is 0 Å². The second kappa shape index (κ2) is 6.15. The van der Waals surface area contributed by atoms with Gasteiger partial charge in [0.25, 0.3) is 0 Å². The molecule has 0 radical (unpaired) electrons. The first-order valence-corrected chi connectivity index (χ1v) is 7.39. The fraction of sp³-hybridized carbons (Fsp3) is 0.733. The van der Waals surface area contributed by atoms with Gasteiger partial charge in [-0.05, 0) is 27.7 Å². The van der Waals surface area contributed by atoms with E-state index in [-0.39, 0.29) is 12.1 Å². The van der Waals surface area contributed by atoms with Gasteiger partial charge in [-0.3, -0.25) is 4.90 Å². The fourth-order valence-corrected chi connectivity index (χ4v) is 3.00. The maximum Gasteiger partial charge on any atom is 0.221 e. The molecule has 1 N–H and O–H groups in total. The van der Waals surface area contributed by atoms with Gasteiger partial charge in [0.1, 0.15) is 11.6 Å². The number of aliphatic hydroxyl groups excluding tert-OH is 1. The van der Waals surface area contributed by atoms with Gasteiger partial charge >= 0.3 is 0 Å². The summed E-state index contributed by atoms with van der Waals surface area (Å²) in [4.78, 5) is 13.5. The van der Waals surface area contributed by atoms with Crippen LogP contribution in [0.2, 0.25) is 0 Å². The molecule has 6 heteroatoms. The molecule has 0 saturated carbocycles. The van der Waals surface area contributed by atoms with E-state index in [1.165, 1.54) is 0 Å². The first-order valence-electron chi connectivity index (χ1n) is 7.39. The smallest absolute Gasteiger partial charge is 0.221 e. The van der Waals surface area contributed by atoms with Crippen LogP contribution < -0.4 is 9.64 Å². The topological polar surface area (TPSA) is 61.7 Å². The minimum atomic E-state index is -0.000486. The number of ether oxygens (including phenoxy) is 1. The van der Waals surface area contributed by atoms with Crippen molar-refractivity contribution in [3.05, 3.63) is 11.4 Å². The van der Waals surface area contributed by atoms with Gasteiger partial charge in [-0.25, -0.2) is 4.98 Å². The Morgan fingerprint density at radius 2 is 1.95 bits per heavy atom. The molecule has 1 saturated heterocycles. The van der Waals surface area contributed by atoms with Crippen molar-refractivity contribution in [3.8, 4) is 5.88 Å². The van der Waals surface area contributed by atoms with E-state index in [0.29, 0.717) is 12.4 Å². The van der Waals surface area contributed by atoms with Crippen LogP contribution in [0, 0.1) is 13.8 Å². The average Bonchev–Trinajstić information content (AvgIpc) is 2.43. The lowest BCUT2D eigenvalue weighted by Crippen LogP contribution is -2.60. The minimum Gasteiger partial charge on any atom is -0.481 e. The maximum absolute atomic E-state index is 9.19. The molecule has 0 unspecified atom stereocenters. The Bertz CT molecular complexity index is 505. The molecule has 0 amide bonds. The summed E-state index contributed by atoms with van der Waals surface area (Å²) < 4.78 is 5.35. The summed E-state index contributed by atoms with van der Waals surface area (Å²) in [5.41, 5.74) is 0.981. The van der Waals surface area contributed by atoms with Crippen molar-refractivity contribution in [2.24, 2.45) is 0 Å². The van der Waals surface area contributed by atoms with Crippen LogP contribution in [-0.4, -0.2) is 65.4 Å². The number of aliphatic hydroxyl groups is 1. The molecule has 0 atom stereocenters. The zero-order valence-corrected chi connectivity index (χ0v) is 13.7. The largest absolute Gasteiger partial charge is 0.481 e. The maximum atomic E-state index is 9.19. The predicted molar refractivity (Wildman–Crippen MR) is 83.0 cm³/mol. The standard InChI is InChI=1S/C15H26N4O2/c1-11-13(16-12(2)17-14(11)21-5)18-6-7-19(8-9-20)15(3,4)10-18/h20H,6-10H2,1-5H3. The van der Waals surface area contributed by atoms with Crippen molar-refractivity contribution in [2.45, 2.75) is 33.2 Å². The van der Waals surface area contributed by atoms with Gasteiger partial charge in [-0.15, -0.1) is 0 Å². The molecule has 0 aliphatic carbocycles. The van der Waals surface area contributed by atoms with Gasteiger partial charge in [0.05, 0.1) is 19.3 Å². The molecule has 1 fully saturated rings. The highest BCUT2D eigenvalue weighted by molar-refractivity contribution is 5.51. The molecular weight excluding hydrogens is 268 g/mol. The minimum absolute atomic E-state index is 0.000486. The molecule has 21 heavy (non-hydrogen) atoms. The normalized spacial score (nSPS) is 18.9. The van der Waals surface area contributed by atoms with Gasteiger partial charge in [0.2, 0.25) is 5.88 Å². The van der Waals surface area contributed by atoms with E-state index in [0.717, 1.165) is 36.8 Å². The van der Waals surface area contributed by atoms with E-state index >= 15 is 0 Å². The third-order valence-electron chi connectivity index (χ3n) is 4.12. The number of rotatable bonds is 4. The quantitative estimate of drug-likeness (QED) is 0.894. The summed E-state index contributed by atoms with van der Waals surface area (Å²) in [5, 5.41) is 9.19. The fourth-order valence-electron chi connectivity index (χ4n) is 3.00. The highest BCUT2D eigenvalue weighted by Gasteiger charge is 2.34. The van der Waals surface area contributed by atoms with Gasteiger partial charge < -0.3 is 14.7 Å². The predicted octanol–water partition coefficient (Wildman–Crippen LogP) is 0.995. The lowest BCUT2D eigenvalue weighted by atomic mass is 9.98. The third-order valence-corrected chi connectivity index (χ3v) is 4.12. The number of piperazine rings is 1. The molecule has 2 heterocycles. The molecule has 2 rings (SSSR count). The van der Waals surface area contributed by atoms with Crippen molar-refractivity contribution in [3.63, 3.8) is 0 Å². The summed E-state index contributed by atoms with van der Waals surface area (Å²) in [7, 11) is 1.64. The van der Waals surface area contributed by atoms with Crippen LogP contribution in [0.25, 0.3) is 0 Å². The SMILES string of the molecule is COc1nc(C)nc(N2CCN(CCO)C(C)(C)C2)c1C. The second-order valence-electron chi connectivity index (χ2n) is 6.17. The number of hydrogen-bond donors (Lipinski definition) is 1. The number of aromatic nitrogens is 2. The summed E-state index contributed by atoms with van der Waals surface area (Å²) in [6.07, 6.45) is 0. The summed E-state index contributed by atoms with van der Waals surface area (Å²) in [6.45, 7) is 11.9. The lowest BCUT2D eigenvalue weighted by molar-refractivity contribution is 0.0809. The van der Waals surface area contributed by atoms with Crippen molar-refractivity contribution >= 4 is 5.82 Å². The molecule has 0 spiro atoms. The number of anilines is 1. The van der Waals surface area contributed by atoms with Crippen LogP contribution in [0.3, 0.4) is 0 Å². The van der Waals surface area contributed by atoms with E-state index in [9.17, 15) is 5.11 Å². The molecule has 0 aromatic carbocycles. The van der Waals surface area contributed by atoms with Crippen molar-refractivity contribution < 1.29 is 9.84 Å². The van der Waals surface area contributed by atoms with Crippen molar-refractivity contribution in [1.82, 2.24) is 14.9 Å². The summed E-state index contributed by atoms with van der Waals surface area (Å²) in [6, 6.07) is 0. The molecule has 0 bridgehead atoms. The number of hydrogen-bond acceptors (Lipinski definition) is 6. The zero-order valence-electron chi connectivity index (χ0n) is 13.7. The molecule has 1 aliphatic rings. The van der Waals surface area contributed by atoms with Crippen LogP contribution in [-0.2, 0) is 0 Å². The highest BCUT2D eigenvalue weighted by atomic mass is 16.5. The first-order chi connectivity index (χ1) is 9.89. The Kier molecular flexibility index (Phi) is 4.68. The molecule has 1 aliphatic heterocycles. The summed E-state index contributed by atoms with van der Waals surface area (Å²) in [5.74, 6) is 2.33. The Morgan fingerprint density at radius 3 is 2.52 bits per heavy atom. The Labute approximate surface area is 126 Å². The van der Waals surface area contributed by atoms with Gasteiger partial charge in [-0.1, -0.05) is 0 Å². The zero-order chi connectivity index (χ0) is 15.6.